The zero-order chi connectivity index (χ0) is 12.1. The molecule has 2 atom stereocenters. The molecule has 0 heterocycles. The Hall–Kier alpha value is -1.26. The Morgan fingerprint density at radius 1 is 1.00 bits per heavy atom. The first-order valence-corrected chi connectivity index (χ1v) is 5.86. The van der Waals surface area contributed by atoms with Gasteiger partial charge < -0.3 is 0 Å². The lowest BCUT2D eigenvalue weighted by atomic mass is 9.99. The first-order chi connectivity index (χ1) is 7.54. The van der Waals surface area contributed by atoms with E-state index in [1.54, 1.807) is 0 Å². The number of hydrogen-bond acceptors (Lipinski definition) is 1. The van der Waals surface area contributed by atoms with Crippen LogP contribution in [0, 0.1) is 12.3 Å². The van der Waals surface area contributed by atoms with Crippen LogP contribution < -0.4 is 5.32 Å². The van der Waals surface area contributed by atoms with Crippen molar-refractivity contribution in [3.8, 4) is 12.3 Å². The second-order valence-electron chi connectivity index (χ2n) is 4.60. The summed E-state index contributed by atoms with van der Waals surface area (Å²) in [7, 11) is 0. The topological polar surface area (TPSA) is 12.0 Å². The fourth-order valence-electron chi connectivity index (χ4n) is 1.69. The molecule has 86 valence electrons. The second-order valence-corrected chi connectivity index (χ2v) is 4.60. The van der Waals surface area contributed by atoms with Crippen LogP contribution in [-0.4, -0.2) is 6.04 Å². The molecular weight excluding hydrogens is 194 g/mol. The van der Waals surface area contributed by atoms with Crippen LogP contribution >= 0.6 is 0 Å². The van der Waals surface area contributed by atoms with Gasteiger partial charge in [-0.3, -0.25) is 5.32 Å². The Bertz CT molecular complexity index is 356. The van der Waals surface area contributed by atoms with E-state index in [9.17, 15) is 0 Å². The number of terminal acetylenes is 1. The lowest BCUT2D eigenvalue weighted by Gasteiger charge is -2.17. The van der Waals surface area contributed by atoms with Crippen molar-refractivity contribution < 1.29 is 0 Å². The summed E-state index contributed by atoms with van der Waals surface area (Å²) in [5.74, 6) is 3.27. The molecule has 0 aliphatic heterocycles. The molecule has 0 saturated carbocycles. The summed E-state index contributed by atoms with van der Waals surface area (Å²) < 4.78 is 0. The summed E-state index contributed by atoms with van der Waals surface area (Å²) in [6.07, 6.45) is 5.35. The SMILES string of the molecule is C#CC(C)NC(C)c1ccc(C(C)C)cc1. The predicted octanol–water partition coefficient (Wildman–Crippen LogP) is 3.48. The summed E-state index contributed by atoms with van der Waals surface area (Å²) in [4.78, 5) is 0. The highest BCUT2D eigenvalue weighted by atomic mass is 14.9. The highest BCUT2D eigenvalue weighted by Gasteiger charge is 2.07. The molecule has 1 heteroatoms. The van der Waals surface area contributed by atoms with Gasteiger partial charge in [-0.2, -0.15) is 0 Å². The average molecular weight is 215 g/mol. The first-order valence-electron chi connectivity index (χ1n) is 5.86. The molecular formula is C15H21N. The van der Waals surface area contributed by atoms with Gasteiger partial charge in [-0.05, 0) is 30.9 Å². The largest absolute Gasteiger partial charge is 0.297 e. The highest BCUT2D eigenvalue weighted by Crippen LogP contribution is 2.18. The average Bonchev–Trinajstić information content (AvgIpc) is 2.28. The van der Waals surface area contributed by atoms with E-state index in [1.807, 2.05) is 6.92 Å². The predicted molar refractivity (Wildman–Crippen MR) is 70.4 cm³/mol. The van der Waals surface area contributed by atoms with E-state index in [4.69, 9.17) is 6.42 Å². The molecule has 0 aliphatic rings. The van der Waals surface area contributed by atoms with Crippen molar-refractivity contribution in [1.82, 2.24) is 5.32 Å². The minimum Gasteiger partial charge on any atom is -0.297 e. The lowest BCUT2D eigenvalue weighted by molar-refractivity contribution is 0.546. The van der Waals surface area contributed by atoms with E-state index >= 15 is 0 Å². The van der Waals surface area contributed by atoms with Crippen LogP contribution in [0.3, 0.4) is 0 Å². The molecule has 0 spiro atoms. The zero-order valence-electron chi connectivity index (χ0n) is 10.6. The Morgan fingerprint density at radius 2 is 1.50 bits per heavy atom. The van der Waals surface area contributed by atoms with Crippen molar-refractivity contribution in [2.45, 2.75) is 45.7 Å². The lowest BCUT2D eigenvalue weighted by Crippen LogP contribution is -2.27. The van der Waals surface area contributed by atoms with Crippen molar-refractivity contribution >= 4 is 0 Å². The van der Waals surface area contributed by atoms with E-state index in [-0.39, 0.29) is 6.04 Å². The summed E-state index contributed by atoms with van der Waals surface area (Å²) in [5.41, 5.74) is 2.66. The fraction of sp³-hybridized carbons (Fsp3) is 0.467. The first kappa shape index (κ1) is 12.8. The van der Waals surface area contributed by atoms with Gasteiger partial charge in [-0.25, -0.2) is 0 Å². The standard InChI is InChI=1S/C15H21N/c1-6-12(4)16-13(5)15-9-7-14(8-10-15)11(2)3/h1,7-13,16H,2-5H3. The van der Waals surface area contributed by atoms with Crippen LogP contribution in [0.2, 0.25) is 0 Å². The molecule has 16 heavy (non-hydrogen) atoms. The molecule has 0 amide bonds. The quantitative estimate of drug-likeness (QED) is 0.758. The Morgan fingerprint density at radius 3 is 1.94 bits per heavy atom. The van der Waals surface area contributed by atoms with Gasteiger partial charge in [-0.15, -0.1) is 6.42 Å². The van der Waals surface area contributed by atoms with Gasteiger partial charge in [0, 0.05) is 6.04 Å². The monoisotopic (exact) mass is 215 g/mol. The van der Waals surface area contributed by atoms with E-state index < -0.39 is 0 Å². The van der Waals surface area contributed by atoms with Crippen LogP contribution in [-0.2, 0) is 0 Å². The van der Waals surface area contributed by atoms with Gasteiger partial charge in [0.2, 0.25) is 0 Å². The molecule has 0 saturated heterocycles. The van der Waals surface area contributed by atoms with Crippen LogP contribution in [0.4, 0.5) is 0 Å². The second kappa shape index (κ2) is 5.72. The number of benzene rings is 1. The van der Waals surface area contributed by atoms with E-state index in [0.29, 0.717) is 12.0 Å². The maximum Gasteiger partial charge on any atom is 0.0662 e. The van der Waals surface area contributed by atoms with Crippen molar-refractivity contribution in [3.05, 3.63) is 35.4 Å². The maximum absolute atomic E-state index is 5.35. The van der Waals surface area contributed by atoms with Crippen molar-refractivity contribution in [2.75, 3.05) is 0 Å². The molecule has 1 N–H and O–H groups in total. The van der Waals surface area contributed by atoms with Gasteiger partial charge in [0.1, 0.15) is 0 Å². The van der Waals surface area contributed by atoms with E-state index in [0.717, 1.165) is 0 Å². The third-order valence-corrected chi connectivity index (χ3v) is 2.85. The molecule has 0 fully saturated rings. The summed E-state index contributed by atoms with van der Waals surface area (Å²) in [5, 5.41) is 3.36. The summed E-state index contributed by atoms with van der Waals surface area (Å²) in [6, 6.07) is 9.15. The third kappa shape index (κ3) is 3.40. The Balaban J connectivity index is 2.71. The summed E-state index contributed by atoms with van der Waals surface area (Å²) >= 11 is 0. The zero-order valence-corrected chi connectivity index (χ0v) is 10.6. The molecule has 0 aromatic heterocycles. The highest BCUT2D eigenvalue weighted by molar-refractivity contribution is 5.26. The van der Waals surface area contributed by atoms with Gasteiger partial charge in [0.05, 0.1) is 6.04 Å². The third-order valence-electron chi connectivity index (χ3n) is 2.85. The normalized spacial score (nSPS) is 14.5. The Labute approximate surface area is 99.3 Å². The minimum absolute atomic E-state index is 0.111. The molecule has 1 rings (SSSR count). The van der Waals surface area contributed by atoms with Gasteiger partial charge in [-0.1, -0.05) is 44.0 Å². The van der Waals surface area contributed by atoms with Crippen molar-refractivity contribution in [1.29, 1.82) is 0 Å². The van der Waals surface area contributed by atoms with E-state index in [2.05, 4.69) is 56.3 Å². The molecule has 0 aliphatic carbocycles. The van der Waals surface area contributed by atoms with Crippen molar-refractivity contribution in [2.24, 2.45) is 0 Å². The van der Waals surface area contributed by atoms with Gasteiger partial charge in [0.25, 0.3) is 0 Å². The summed E-state index contributed by atoms with van der Waals surface area (Å²) in [6.45, 7) is 8.55. The maximum atomic E-state index is 5.35. The molecule has 1 aromatic carbocycles. The van der Waals surface area contributed by atoms with Crippen LogP contribution in [0.25, 0.3) is 0 Å². The molecule has 1 aromatic rings. The number of hydrogen-bond donors (Lipinski definition) is 1. The smallest absolute Gasteiger partial charge is 0.0662 e. The molecule has 1 nitrogen and oxygen atoms in total. The van der Waals surface area contributed by atoms with Gasteiger partial charge >= 0.3 is 0 Å². The van der Waals surface area contributed by atoms with Crippen LogP contribution in [0.15, 0.2) is 24.3 Å². The van der Waals surface area contributed by atoms with Crippen LogP contribution in [0.5, 0.6) is 0 Å². The molecule has 0 bridgehead atoms. The van der Waals surface area contributed by atoms with Crippen molar-refractivity contribution in [3.63, 3.8) is 0 Å². The Kier molecular flexibility index (Phi) is 4.58. The van der Waals surface area contributed by atoms with E-state index in [1.165, 1.54) is 11.1 Å². The van der Waals surface area contributed by atoms with Gasteiger partial charge in [0.15, 0.2) is 0 Å². The minimum atomic E-state index is 0.111. The van der Waals surface area contributed by atoms with Crippen LogP contribution in [0.1, 0.15) is 50.8 Å². The fourth-order valence-corrected chi connectivity index (χ4v) is 1.69. The molecule has 0 radical (unpaired) electrons. The molecule has 2 unspecified atom stereocenters. The number of rotatable bonds is 4. The number of nitrogens with one attached hydrogen (secondary N) is 1.